The Kier molecular flexibility index (Phi) is 6.75. The van der Waals surface area contributed by atoms with Crippen molar-refractivity contribution in [2.24, 2.45) is 0 Å². The number of aromatic nitrogens is 5. The van der Waals surface area contributed by atoms with E-state index in [0.717, 1.165) is 11.3 Å². The molecule has 2 aromatic heterocycles. The van der Waals surface area contributed by atoms with Crippen LogP contribution in [-0.4, -0.2) is 43.9 Å². The van der Waals surface area contributed by atoms with Gasteiger partial charge in [0.1, 0.15) is 0 Å². The zero-order valence-electron chi connectivity index (χ0n) is 17.9. The summed E-state index contributed by atoms with van der Waals surface area (Å²) in [6.45, 7) is 2.00. The molecule has 4 aromatic rings. The lowest BCUT2D eigenvalue weighted by Gasteiger charge is -2.09. The zero-order valence-corrected chi connectivity index (χ0v) is 18.7. The topological polar surface area (TPSA) is 112 Å². The van der Waals surface area contributed by atoms with Gasteiger partial charge in [-0.1, -0.05) is 34.7 Å². The number of aryl methyl sites for hydroxylation is 1. The van der Waals surface area contributed by atoms with Gasteiger partial charge in [-0.3, -0.25) is 4.79 Å². The van der Waals surface area contributed by atoms with Crippen molar-refractivity contribution in [2.45, 2.75) is 17.8 Å². The molecular weight excluding hydrogens is 440 g/mol. The van der Waals surface area contributed by atoms with Crippen LogP contribution in [-0.2, 0) is 10.5 Å². The van der Waals surface area contributed by atoms with Crippen molar-refractivity contribution in [3.8, 4) is 5.69 Å². The number of carbonyl (C=O) groups is 2. The molecule has 0 aliphatic heterocycles. The van der Waals surface area contributed by atoms with Crippen molar-refractivity contribution < 1.29 is 14.3 Å². The molecule has 2 heterocycles. The molecule has 2 aromatic carbocycles. The summed E-state index contributed by atoms with van der Waals surface area (Å²) in [6, 6.07) is 15.9. The first-order valence-corrected chi connectivity index (χ1v) is 10.9. The van der Waals surface area contributed by atoms with Crippen LogP contribution in [0.3, 0.4) is 0 Å². The second kappa shape index (κ2) is 10.0. The number of thioether (sulfide) groups is 1. The summed E-state index contributed by atoms with van der Waals surface area (Å²) >= 11 is 1.38. The van der Waals surface area contributed by atoms with E-state index in [9.17, 15) is 9.59 Å². The van der Waals surface area contributed by atoms with Gasteiger partial charge in [0.2, 0.25) is 0 Å². The third kappa shape index (κ3) is 5.24. The van der Waals surface area contributed by atoms with Crippen molar-refractivity contribution >= 4 is 29.3 Å². The number of methoxy groups -OCH3 is 1. The van der Waals surface area contributed by atoms with Crippen LogP contribution in [0.1, 0.15) is 32.1 Å². The normalized spacial score (nSPS) is 10.6. The van der Waals surface area contributed by atoms with E-state index >= 15 is 0 Å². The van der Waals surface area contributed by atoms with Crippen LogP contribution in [0.2, 0.25) is 0 Å². The van der Waals surface area contributed by atoms with Crippen molar-refractivity contribution in [1.29, 1.82) is 0 Å². The molecular formula is C23H20N6O3S. The summed E-state index contributed by atoms with van der Waals surface area (Å²) in [7, 11) is 1.31. The minimum atomic E-state index is -0.448. The Morgan fingerprint density at radius 1 is 1.03 bits per heavy atom. The molecule has 0 bridgehead atoms. The number of anilines is 1. The molecule has 0 saturated carbocycles. The summed E-state index contributed by atoms with van der Waals surface area (Å²) in [5, 5.41) is 11.8. The maximum Gasteiger partial charge on any atom is 0.337 e. The average Bonchev–Trinajstić information content (AvgIpc) is 3.28. The molecule has 0 spiro atoms. The van der Waals surface area contributed by atoms with Gasteiger partial charge in [-0.05, 0) is 49.4 Å². The van der Waals surface area contributed by atoms with Gasteiger partial charge >= 0.3 is 5.97 Å². The summed E-state index contributed by atoms with van der Waals surface area (Å²) in [5.74, 6) is -0.477. The largest absolute Gasteiger partial charge is 0.465 e. The smallest absolute Gasteiger partial charge is 0.337 e. The van der Waals surface area contributed by atoms with Crippen molar-refractivity contribution in [2.75, 3.05) is 12.4 Å². The summed E-state index contributed by atoms with van der Waals surface area (Å²) in [4.78, 5) is 33.1. The highest BCUT2D eigenvalue weighted by molar-refractivity contribution is 7.98. The third-order valence-electron chi connectivity index (χ3n) is 4.70. The standard InChI is InChI=1S/C23H20N6O3S/c1-15-4-10-18(11-5-15)29-19(14-33-23-24-12-3-13-25-23)20(27-28-29)21(30)26-17-8-6-16(7-9-17)22(31)32-2/h3-13H,14H2,1-2H3,(H,26,30). The van der Waals surface area contributed by atoms with E-state index in [2.05, 4.69) is 25.6 Å². The number of hydrogen-bond donors (Lipinski definition) is 1. The fourth-order valence-electron chi connectivity index (χ4n) is 2.99. The second-order valence-electron chi connectivity index (χ2n) is 6.98. The Bertz CT molecular complexity index is 1260. The molecule has 1 N–H and O–H groups in total. The highest BCUT2D eigenvalue weighted by atomic mass is 32.2. The first kappa shape index (κ1) is 22.2. The van der Waals surface area contributed by atoms with E-state index in [0.29, 0.717) is 27.9 Å². The molecule has 1 amide bonds. The number of rotatable bonds is 7. The minimum Gasteiger partial charge on any atom is -0.465 e. The molecule has 0 aliphatic rings. The number of carbonyl (C=O) groups excluding carboxylic acids is 2. The Hall–Kier alpha value is -4.05. The van der Waals surface area contributed by atoms with E-state index in [-0.39, 0.29) is 5.69 Å². The van der Waals surface area contributed by atoms with Crippen molar-refractivity contribution in [1.82, 2.24) is 25.0 Å². The lowest BCUT2D eigenvalue weighted by molar-refractivity contribution is 0.0600. The van der Waals surface area contributed by atoms with Gasteiger partial charge in [-0.15, -0.1) is 5.10 Å². The van der Waals surface area contributed by atoms with Gasteiger partial charge in [0.25, 0.3) is 5.91 Å². The molecule has 166 valence electrons. The van der Waals surface area contributed by atoms with Gasteiger partial charge in [0, 0.05) is 23.8 Å². The molecule has 0 saturated heterocycles. The third-order valence-corrected chi connectivity index (χ3v) is 5.59. The van der Waals surface area contributed by atoms with Crippen molar-refractivity contribution in [3.05, 3.63) is 89.5 Å². The van der Waals surface area contributed by atoms with Gasteiger partial charge in [-0.25, -0.2) is 19.4 Å². The Morgan fingerprint density at radius 3 is 2.39 bits per heavy atom. The fraction of sp³-hybridized carbons (Fsp3) is 0.130. The molecule has 0 radical (unpaired) electrons. The van der Waals surface area contributed by atoms with Crippen LogP contribution in [0, 0.1) is 6.92 Å². The molecule has 33 heavy (non-hydrogen) atoms. The number of amides is 1. The van der Waals surface area contributed by atoms with E-state index in [1.165, 1.54) is 18.9 Å². The molecule has 9 nitrogen and oxygen atoms in total. The minimum absolute atomic E-state index is 0.191. The maximum atomic E-state index is 13.1. The summed E-state index contributed by atoms with van der Waals surface area (Å²) in [6.07, 6.45) is 3.33. The SMILES string of the molecule is COC(=O)c1ccc(NC(=O)c2nnn(-c3ccc(C)cc3)c2CSc2ncccn2)cc1. The van der Waals surface area contributed by atoms with Crippen LogP contribution in [0.5, 0.6) is 0 Å². The molecule has 0 fully saturated rings. The highest BCUT2D eigenvalue weighted by Crippen LogP contribution is 2.23. The van der Waals surface area contributed by atoms with Crippen LogP contribution in [0.25, 0.3) is 5.69 Å². The number of nitrogens with zero attached hydrogens (tertiary/aromatic N) is 5. The summed E-state index contributed by atoms with van der Waals surface area (Å²) in [5.41, 5.74) is 3.61. The second-order valence-corrected chi connectivity index (χ2v) is 7.92. The van der Waals surface area contributed by atoms with E-state index in [1.807, 2.05) is 31.2 Å². The lowest BCUT2D eigenvalue weighted by Crippen LogP contribution is -2.15. The van der Waals surface area contributed by atoms with Crippen LogP contribution < -0.4 is 5.32 Å². The molecule has 4 rings (SSSR count). The maximum absolute atomic E-state index is 13.1. The Labute approximate surface area is 194 Å². The number of nitrogens with one attached hydrogen (secondary N) is 1. The number of hydrogen-bond acceptors (Lipinski definition) is 8. The van der Waals surface area contributed by atoms with Gasteiger partial charge in [-0.2, -0.15) is 0 Å². The average molecular weight is 461 g/mol. The molecule has 0 atom stereocenters. The zero-order chi connectivity index (χ0) is 23.2. The highest BCUT2D eigenvalue weighted by Gasteiger charge is 2.21. The molecule has 0 unspecified atom stereocenters. The predicted octanol–water partition coefficient (Wildman–Crippen LogP) is 3.70. The lowest BCUT2D eigenvalue weighted by atomic mass is 10.2. The van der Waals surface area contributed by atoms with E-state index in [4.69, 9.17) is 4.74 Å². The van der Waals surface area contributed by atoms with Crippen molar-refractivity contribution in [3.63, 3.8) is 0 Å². The number of esters is 1. The van der Waals surface area contributed by atoms with E-state index < -0.39 is 11.9 Å². The predicted molar refractivity (Wildman–Crippen MR) is 123 cm³/mol. The number of benzene rings is 2. The Balaban J connectivity index is 1.61. The molecule has 10 heteroatoms. The first-order chi connectivity index (χ1) is 16.0. The van der Waals surface area contributed by atoms with Gasteiger partial charge in [0.15, 0.2) is 10.9 Å². The first-order valence-electron chi connectivity index (χ1n) is 9.96. The van der Waals surface area contributed by atoms with Crippen LogP contribution >= 0.6 is 11.8 Å². The van der Waals surface area contributed by atoms with Crippen LogP contribution in [0.15, 0.2) is 72.1 Å². The van der Waals surface area contributed by atoms with Gasteiger partial charge in [0.05, 0.1) is 24.1 Å². The monoisotopic (exact) mass is 460 g/mol. The van der Waals surface area contributed by atoms with Crippen LogP contribution in [0.4, 0.5) is 5.69 Å². The Morgan fingerprint density at radius 2 is 1.73 bits per heavy atom. The van der Waals surface area contributed by atoms with Gasteiger partial charge < -0.3 is 10.1 Å². The van der Waals surface area contributed by atoms with E-state index in [1.54, 1.807) is 47.4 Å². The quantitative estimate of drug-likeness (QED) is 0.252. The summed E-state index contributed by atoms with van der Waals surface area (Å²) < 4.78 is 6.34. The number of ether oxygens (including phenoxy) is 1. The molecule has 0 aliphatic carbocycles. The fourth-order valence-corrected chi connectivity index (χ4v) is 3.79.